The third kappa shape index (κ3) is 1.53. The van der Waals surface area contributed by atoms with Gasteiger partial charge in [-0.05, 0) is 12.1 Å². The highest BCUT2D eigenvalue weighted by Gasteiger charge is 2.29. The largest absolute Gasteiger partial charge is 0.329 e. The third-order valence-corrected chi connectivity index (χ3v) is 2.11. The number of nitriles is 1. The molecule has 15 heavy (non-hydrogen) atoms. The number of nitrogens with zero attached hydrogens (tertiary/aromatic N) is 2. The Bertz CT molecular complexity index is 476. The number of rotatable bonds is 1. The van der Waals surface area contributed by atoms with Crippen molar-refractivity contribution in [3.63, 3.8) is 0 Å². The van der Waals surface area contributed by atoms with Gasteiger partial charge in [-0.1, -0.05) is 12.1 Å². The van der Waals surface area contributed by atoms with E-state index in [1.165, 1.54) is 4.90 Å². The molecule has 0 aliphatic carbocycles. The minimum atomic E-state index is -0.484. The summed E-state index contributed by atoms with van der Waals surface area (Å²) in [6.45, 7) is -0.0302. The highest BCUT2D eigenvalue weighted by atomic mass is 16.2. The van der Waals surface area contributed by atoms with Crippen molar-refractivity contribution in [2.24, 2.45) is 0 Å². The number of hydrogen-bond acceptors (Lipinski definition) is 3. The molecule has 0 radical (unpaired) electrons. The van der Waals surface area contributed by atoms with E-state index in [1.54, 1.807) is 24.3 Å². The van der Waals surface area contributed by atoms with E-state index < -0.39 is 6.03 Å². The Kier molecular flexibility index (Phi) is 2.10. The standard InChI is InChI=1S/C10H7N3O2/c11-5-7-3-1-2-4-8(7)13-6-9(14)12-10(13)15/h1-4H,6H2,(H,12,14,15). The lowest BCUT2D eigenvalue weighted by atomic mass is 10.2. The summed E-state index contributed by atoms with van der Waals surface area (Å²) in [5.74, 6) is -0.354. The molecule has 5 heteroatoms. The second-order valence-electron chi connectivity index (χ2n) is 3.07. The van der Waals surface area contributed by atoms with E-state index >= 15 is 0 Å². The van der Waals surface area contributed by atoms with Gasteiger partial charge in [0.15, 0.2) is 0 Å². The number of para-hydroxylation sites is 1. The van der Waals surface area contributed by atoms with Crippen LogP contribution >= 0.6 is 0 Å². The number of carbonyl (C=O) groups excluding carboxylic acids is 2. The fourth-order valence-electron chi connectivity index (χ4n) is 1.44. The Balaban J connectivity index is 2.42. The van der Waals surface area contributed by atoms with E-state index in [4.69, 9.17) is 5.26 Å². The van der Waals surface area contributed by atoms with E-state index in [-0.39, 0.29) is 12.5 Å². The molecule has 1 aromatic carbocycles. The SMILES string of the molecule is N#Cc1ccccc1N1CC(=O)NC1=O. The van der Waals surface area contributed by atoms with Crippen LogP contribution < -0.4 is 10.2 Å². The van der Waals surface area contributed by atoms with Crippen LogP contribution in [0.1, 0.15) is 5.56 Å². The van der Waals surface area contributed by atoms with Gasteiger partial charge in [-0.3, -0.25) is 15.0 Å². The van der Waals surface area contributed by atoms with E-state index in [9.17, 15) is 9.59 Å². The van der Waals surface area contributed by atoms with Crippen LogP contribution in [0.5, 0.6) is 0 Å². The molecule has 0 aromatic heterocycles. The first-order chi connectivity index (χ1) is 7.22. The Hall–Kier alpha value is -2.35. The maximum absolute atomic E-state index is 11.3. The van der Waals surface area contributed by atoms with Gasteiger partial charge in [-0.15, -0.1) is 0 Å². The average Bonchev–Trinajstić information content (AvgIpc) is 2.57. The summed E-state index contributed by atoms with van der Waals surface area (Å²) in [4.78, 5) is 23.6. The van der Waals surface area contributed by atoms with E-state index in [0.717, 1.165) is 0 Å². The van der Waals surface area contributed by atoms with Crippen LogP contribution in [0.25, 0.3) is 0 Å². The molecule has 0 bridgehead atoms. The Morgan fingerprint density at radius 3 is 2.67 bits per heavy atom. The first-order valence-corrected chi connectivity index (χ1v) is 4.33. The number of benzene rings is 1. The molecular formula is C10H7N3O2. The molecule has 3 amide bonds. The number of hydrogen-bond donors (Lipinski definition) is 1. The molecule has 1 fully saturated rings. The lowest BCUT2D eigenvalue weighted by Crippen LogP contribution is -2.28. The monoisotopic (exact) mass is 201 g/mol. The lowest BCUT2D eigenvalue weighted by molar-refractivity contribution is -0.117. The van der Waals surface area contributed by atoms with Crippen molar-refractivity contribution in [1.82, 2.24) is 5.32 Å². The normalized spacial score (nSPS) is 15.0. The minimum absolute atomic E-state index is 0.0302. The quantitative estimate of drug-likeness (QED) is 0.676. The summed E-state index contributed by atoms with van der Waals surface area (Å²) in [6, 6.07) is 8.15. The number of imide groups is 1. The zero-order valence-corrected chi connectivity index (χ0v) is 7.73. The molecule has 0 atom stereocenters. The number of amides is 3. The van der Waals surface area contributed by atoms with E-state index in [2.05, 4.69) is 5.32 Å². The van der Waals surface area contributed by atoms with Crippen molar-refractivity contribution < 1.29 is 9.59 Å². The van der Waals surface area contributed by atoms with Crippen LogP contribution in [0, 0.1) is 11.3 Å². The summed E-state index contributed by atoms with van der Waals surface area (Å²) in [7, 11) is 0. The number of anilines is 1. The van der Waals surface area contributed by atoms with Crippen LogP contribution in [0.15, 0.2) is 24.3 Å². The Morgan fingerprint density at radius 1 is 1.33 bits per heavy atom. The van der Waals surface area contributed by atoms with Crippen molar-refractivity contribution in [2.75, 3.05) is 11.4 Å². The summed E-state index contributed by atoms with van der Waals surface area (Å²) in [5, 5.41) is 11.0. The highest BCUT2D eigenvalue weighted by molar-refractivity contribution is 6.12. The van der Waals surface area contributed by atoms with Gasteiger partial charge in [0, 0.05) is 0 Å². The van der Waals surface area contributed by atoms with Crippen molar-refractivity contribution in [3.05, 3.63) is 29.8 Å². The van der Waals surface area contributed by atoms with Gasteiger partial charge in [-0.25, -0.2) is 4.79 Å². The topological polar surface area (TPSA) is 73.2 Å². The van der Waals surface area contributed by atoms with Gasteiger partial charge in [0.05, 0.1) is 11.3 Å². The fourth-order valence-corrected chi connectivity index (χ4v) is 1.44. The number of carbonyl (C=O) groups is 2. The first-order valence-electron chi connectivity index (χ1n) is 4.33. The summed E-state index contributed by atoms with van der Waals surface area (Å²) in [6.07, 6.45) is 0. The average molecular weight is 201 g/mol. The van der Waals surface area contributed by atoms with Crippen LogP contribution in [0.2, 0.25) is 0 Å². The molecule has 1 saturated heterocycles. The van der Waals surface area contributed by atoms with Gasteiger partial charge in [0.2, 0.25) is 5.91 Å². The number of urea groups is 1. The zero-order valence-electron chi connectivity index (χ0n) is 7.73. The van der Waals surface area contributed by atoms with Crippen molar-refractivity contribution in [1.29, 1.82) is 5.26 Å². The van der Waals surface area contributed by atoms with Gasteiger partial charge >= 0.3 is 6.03 Å². The van der Waals surface area contributed by atoms with Crippen LogP contribution in [-0.2, 0) is 4.79 Å². The Morgan fingerprint density at radius 2 is 2.07 bits per heavy atom. The molecule has 0 spiro atoms. The van der Waals surface area contributed by atoms with E-state index in [1.807, 2.05) is 6.07 Å². The molecular weight excluding hydrogens is 194 g/mol. The predicted molar refractivity (Wildman–Crippen MR) is 52.0 cm³/mol. The lowest BCUT2D eigenvalue weighted by Gasteiger charge is -2.13. The van der Waals surface area contributed by atoms with Gasteiger partial charge in [0.1, 0.15) is 12.6 Å². The smallest absolute Gasteiger partial charge is 0.283 e. The van der Waals surface area contributed by atoms with Crippen molar-refractivity contribution in [3.8, 4) is 6.07 Å². The molecule has 1 N–H and O–H groups in total. The van der Waals surface area contributed by atoms with Crippen molar-refractivity contribution in [2.45, 2.75) is 0 Å². The van der Waals surface area contributed by atoms with Gasteiger partial charge < -0.3 is 0 Å². The third-order valence-electron chi connectivity index (χ3n) is 2.11. The molecule has 0 saturated carbocycles. The van der Waals surface area contributed by atoms with Crippen LogP contribution in [0.3, 0.4) is 0 Å². The fraction of sp³-hybridized carbons (Fsp3) is 0.100. The highest BCUT2D eigenvalue weighted by Crippen LogP contribution is 2.21. The summed E-state index contributed by atoms with van der Waals surface area (Å²) < 4.78 is 0. The Labute approximate surface area is 85.9 Å². The molecule has 1 aromatic rings. The second-order valence-corrected chi connectivity index (χ2v) is 3.07. The number of nitrogens with one attached hydrogen (secondary N) is 1. The molecule has 1 heterocycles. The molecule has 5 nitrogen and oxygen atoms in total. The summed E-state index contributed by atoms with van der Waals surface area (Å²) in [5.41, 5.74) is 0.839. The van der Waals surface area contributed by atoms with Crippen LogP contribution in [-0.4, -0.2) is 18.5 Å². The molecule has 1 aliphatic heterocycles. The maximum atomic E-state index is 11.3. The van der Waals surface area contributed by atoms with Crippen LogP contribution in [0.4, 0.5) is 10.5 Å². The first kappa shape index (κ1) is 9.21. The zero-order chi connectivity index (χ0) is 10.8. The second kappa shape index (κ2) is 3.42. The predicted octanol–water partition coefficient (Wildman–Crippen LogP) is 0.614. The van der Waals surface area contributed by atoms with Gasteiger partial charge in [-0.2, -0.15) is 5.26 Å². The van der Waals surface area contributed by atoms with Gasteiger partial charge in [0.25, 0.3) is 0 Å². The van der Waals surface area contributed by atoms with Crippen molar-refractivity contribution >= 4 is 17.6 Å². The molecule has 2 rings (SSSR count). The van der Waals surface area contributed by atoms with E-state index in [0.29, 0.717) is 11.3 Å². The molecule has 0 unspecified atom stereocenters. The summed E-state index contributed by atoms with van der Waals surface area (Å²) >= 11 is 0. The maximum Gasteiger partial charge on any atom is 0.329 e. The minimum Gasteiger partial charge on any atom is -0.283 e. The molecule has 74 valence electrons. The molecule has 1 aliphatic rings.